The second kappa shape index (κ2) is 4.73. The predicted octanol–water partition coefficient (Wildman–Crippen LogP) is -0.313. The molecule has 0 aliphatic carbocycles. The van der Waals surface area contributed by atoms with Crippen molar-refractivity contribution in [2.75, 3.05) is 11.4 Å². The Hall–Kier alpha value is -1.35. The molecule has 1 aromatic rings. The van der Waals surface area contributed by atoms with Gasteiger partial charge in [0.25, 0.3) is 0 Å². The minimum Gasteiger partial charge on any atom is -0.423 e. The van der Waals surface area contributed by atoms with Gasteiger partial charge < -0.3 is 14.9 Å². The Morgan fingerprint density at radius 1 is 1.28 bits per heavy atom. The van der Waals surface area contributed by atoms with Gasteiger partial charge in [0.1, 0.15) is 6.04 Å². The minimum atomic E-state index is -4.31. The van der Waals surface area contributed by atoms with Gasteiger partial charge in [-0.2, -0.15) is 13.2 Å². The molecule has 0 spiro atoms. The number of hydrogen-bond donors (Lipinski definition) is 2. The minimum absolute atomic E-state index is 0.0250. The van der Waals surface area contributed by atoms with Crippen LogP contribution in [-0.2, 0) is 0 Å². The fourth-order valence-electron chi connectivity index (χ4n) is 1.96. The average molecular weight is 261 g/mol. The van der Waals surface area contributed by atoms with E-state index in [1.54, 1.807) is 0 Å². The van der Waals surface area contributed by atoms with Crippen molar-refractivity contribution < 1.29 is 23.2 Å². The molecule has 1 atom stereocenters. The van der Waals surface area contributed by atoms with E-state index in [1.165, 1.54) is 0 Å². The number of alkyl halides is 3. The fourth-order valence-corrected chi connectivity index (χ4v) is 1.96. The summed E-state index contributed by atoms with van der Waals surface area (Å²) in [4.78, 5) is 8.57. The van der Waals surface area contributed by atoms with Crippen molar-refractivity contribution in [3.05, 3.63) is 12.4 Å². The van der Waals surface area contributed by atoms with Crippen molar-refractivity contribution in [3.63, 3.8) is 0 Å². The number of hydrogen-bond acceptors (Lipinski definition) is 5. The number of rotatable bonds is 2. The molecule has 98 valence electrons. The molecule has 0 bridgehead atoms. The molecule has 1 aliphatic heterocycles. The summed E-state index contributed by atoms with van der Waals surface area (Å²) in [5, 5.41) is 17.7. The number of halogens is 3. The van der Waals surface area contributed by atoms with Crippen LogP contribution in [0.25, 0.3) is 0 Å². The second-order valence-corrected chi connectivity index (χ2v) is 4.08. The van der Waals surface area contributed by atoms with Crippen LogP contribution in [0, 0.1) is 0 Å². The first kappa shape index (κ1) is 13.1. The molecule has 0 amide bonds. The van der Waals surface area contributed by atoms with Gasteiger partial charge in [0, 0.05) is 24.4 Å². The molecule has 2 rings (SSSR count). The second-order valence-electron chi connectivity index (χ2n) is 4.08. The van der Waals surface area contributed by atoms with Crippen molar-refractivity contribution in [2.24, 2.45) is 0 Å². The van der Waals surface area contributed by atoms with Crippen molar-refractivity contribution in [1.82, 2.24) is 9.97 Å². The molecule has 1 aromatic heterocycles. The summed E-state index contributed by atoms with van der Waals surface area (Å²) in [6.07, 6.45) is -1.64. The maximum atomic E-state index is 12.7. The first-order valence-electron chi connectivity index (χ1n) is 5.41. The van der Waals surface area contributed by atoms with Crippen LogP contribution in [0.4, 0.5) is 19.1 Å². The van der Waals surface area contributed by atoms with Gasteiger partial charge in [0.2, 0.25) is 5.95 Å². The van der Waals surface area contributed by atoms with Gasteiger partial charge >= 0.3 is 13.3 Å². The first-order chi connectivity index (χ1) is 8.39. The number of anilines is 1. The Balaban J connectivity index is 2.20. The van der Waals surface area contributed by atoms with Crippen LogP contribution in [0.3, 0.4) is 0 Å². The SMILES string of the molecule is OB(O)c1cnc(N2CCCC2C(F)(F)F)nc1. The van der Waals surface area contributed by atoms with Crippen LogP contribution in [0.1, 0.15) is 12.8 Å². The zero-order chi connectivity index (χ0) is 13.3. The van der Waals surface area contributed by atoms with Crippen molar-refractivity contribution in [1.29, 1.82) is 0 Å². The maximum Gasteiger partial charge on any atom is 0.491 e. The van der Waals surface area contributed by atoms with Crippen LogP contribution in [0.2, 0.25) is 0 Å². The van der Waals surface area contributed by atoms with Crippen molar-refractivity contribution in [3.8, 4) is 0 Å². The molecular weight excluding hydrogens is 250 g/mol. The molecule has 5 nitrogen and oxygen atoms in total. The topological polar surface area (TPSA) is 69.5 Å². The molecule has 9 heteroatoms. The van der Waals surface area contributed by atoms with E-state index >= 15 is 0 Å². The van der Waals surface area contributed by atoms with Gasteiger partial charge in [0.15, 0.2) is 0 Å². The summed E-state index contributed by atoms with van der Waals surface area (Å²) in [5.74, 6) is -0.0424. The lowest BCUT2D eigenvalue weighted by Crippen LogP contribution is -2.42. The maximum absolute atomic E-state index is 12.7. The molecule has 18 heavy (non-hydrogen) atoms. The summed E-state index contributed by atoms with van der Waals surface area (Å²) >= 11 is 0. The molecule has 0 aromatic carbocycles. The highest BCUT2D eigenvalue weighted by atomic mass is 19.4. The molecule has 1 saturated heterocycles. The van der Waals surface area contributed by atoms with Gasteiger partial charge in [-0.1, -0.05) is 0 Å². The van der Waals surface area contributed by atoms with E-state index in [2.05, 4.69) is 9.97 Å². The summed E-state index contributed by atoms with van der Waals surface area (Å²) in [6.45, 7) is 0.241. The first-order valence-corrected chi connectivity index (χ1v) is 5.41. The van der Waals surface area contributed by atoms with Crippen molar-refractivity contribution in [2.45, 2.75) is 25.1 Å². The van der Waals surface area contributed by atoms with Crippen molar-refractivity contribution >= 4 is 18.5 Å². The van der Waals surface area contributed by atoms with Gasteiger partial charge in [-0.05, 0) is 12.8 Å². The van der Waals surface area contributed by atoms with Crippen LogP contribution in [-0.4, -0.2) is 45.9 Å². The molecule has 1 unspecified atom stereocenters. The highest BCUT2D eigenvalue weighted by molar-refractivity contribution is 6.58. The normalized spacial score (nSPS) is 20.3. The third-order valence-electron chi connectivity index (χ3n) is 2.84. The monoisotopic (exact) mass is 261 g/mol. The third kappa shape index (κ3) is 2.56. The highest BCUT2D eigenvalue weighted by Crippen LogP contribution is 2.34. The van der Waals surface area contributed by atoms with Gasteiger partial charge in [-0.15, -0.1) is 0 Å². The zero-order valence-electron chi connectivity index (χ0n) is 9.30. The lowest BCUT2D eigenvalue weighted by molar-refractivity contribution is -0.146. The van der Waals surface area contributed by atoms with Crippen LogP contribution < -0.4 is 10.4 Å². The molecule has 1 aliphatic rings. The molecule has 2 N–H and O–H groups in total. The molecular formula is C9H11BF3N3O2. The lowest BCUT2D eigenvalue weighted by atomic mass is 9.83. The fraction of sp³-hybridized carbons (Fsp3) is 0.556. The molecule has 0 saturated carbocycles. The predicted molar refractivity (Wildman–Crippen MR) is 58.3 cm³/mol. The Labute approximate surface area is 101 Å². The number of nitrogens with zero attached hydrogens (tertiary/aromatic N) is 3. The standard InChI is InChI=1S/C9H11BF3N3O2/c11-9(12,13)7-2-1-3-16(7)8-14-4-6(5-15-8)10(17)18/h4-5,7,17-18H,1-3H2. The summed E-state index contributed by atoms with van der Waals surface area (Å²) in [7, 11) is -1.73. The van der Waals surface area contributed by atoms with Gasteiger partial charge in [-0.3, -0.25) is 0 Å². The Kier molecular flexibility index (Phi) is 3.44. The highest BCUT2D eigenvalue weighted by Gasteiger charge is 2.46. The molecule has 1 fully saturated rings. The largest absolute Gasteiger partial charge is 0.491 e. The van der Waals surface area contributed by atoms with E-state index in [0.717, 1.165) is 17.3 Å². The summed E-state index contributed by atoms with van der Waals surface area (Å²) in [5.41, 5.74) is 0.0431. The van der Waals surface area contributed by atoms with E-state index < -0.39 is 19.3 Å². The average Bonchev–Trinajstić information content (AvgIpc) is 2.77. The lowest BCUT2D eigenvalue weighted by Gasteiger charge is -2.26. The van der Waals surface area contributed by atoms with E-state index in [0.29, 0.717) is 6.42 Å². The number of aromatic nitrogens is 2. The Bertz CT molecular complexity index is 413. The smallest absolute Gasteiger partial charge is 0.423 e. The van der Waals surface area contributed by atoms with Crippen LogP contribution in [0.15, 0.2) is 12.4 Å². The van der Waals surface area contributed by atoms with E-state index in [-0.39, 0.29) is 24.4 Å². The van der Waals surface area contributed by atoms with Gasteiger partial charge in [0.05, 0.1) is 0 Å². The third-order valence-corrected chi connectivity index (χ3v) is 2.84. The van der Waals surface area contributed by atoms with Crippen LogP contribution in [0.5, 0.6) is 0 Å². The van der Waals surface area contributed by atoms with Gasteiger partial charge in [-0.25, -0.2) is 9.97 Å². The van der Waals surface area contributed by atoms with E-state index in [4.69, 9.17) is 10.0 Å². The Morgan fingerprint density at radius 2 is 1.89 bits per heavy atom. The molecule has 2 heterocycles. The van der Waals surface area contributed by atoms with Crippen LogP contribution >= 0.6 is 0 Å². The summed E-state index contributed by atoms with van der Waals surface area (Å²) in [6, 6.07) is -1.57. The van der Waals surface area contributed by atoms with E-state index in [1.807, 2.05) is 0 Å². The quantitative estimate of drug-likeness (QED) is 0.714. The summed E-state index contributed by atoms with van der Waals surface area (Å²) < 4.78 is 38.2. The molecule has 0 radical (unpaired) electrons. The van der Waals surface area contributed by atoms with E-state index in [9.17, 15) is 13.2 Å². The zero-order valence-corrected chi connectivity index (χ0v) is 9.30. The Morgan fingerprint density at radius 3 is 2.39 bits per heavy atom.